The summed E-state index contributed by atoms with van der Waals surface area (Å²) in [4.78, 5) is 0. The molecule has 4 heterocycles. The Morgan fingerprint density at radius 1 is 0.339 bits per heavy atom. The molecule has 0 atom stereocenters. The lowest BCUT2D eigenvalue weighted by Crippen LogP contribution is -1.96. The van der Waals surface area contributed by atoms with Crippen LogP contribution in [-0.2, 0) is 0 Å². The van der Waals surface area contributed by atoms with Crippen LogP contribution in [0.1, 0.15) is 0 Å². The zero-order valence-corrected chi connectivity index (χ0v) is 31.5. The number of rotatable bonds is 5. The number of hydrogen-bond donors (Lipinski definition) is 0. The minimum Gasteiger partial charge on any atom is -0.496 e. The molecule has 6 heteroatoms. The van der Waals surface area contributed by atoms with E-state index in [1.165, 1.54) is 41.7 Å². The molecule has 0 bridgehead atoms. The van der Waals surface area contributed by atoms with Crippen LogP contribution in [0.25, 0.3) is 103 Å². The van der Waals surface area contributed by atoms with Gasteiger partial charge in [-0.1, -0.05) is 66.7 Å². The van der Waals surface area contributed by atoms with Crippen LogP contribution in [0.5, 0.6) is 11.5 Å². The Bertz CT molecular complexity index is 3400. The third-order valence-corrected chi connectivity index (χ3v) is 12.8. The third-order valence-electron chi connectivity index (χ3n) is 11.6. The second-order valence-electron chi connectivity index (χ2n) is 14.4. The van der Waals surface area contributed by atoms with Gasteiger partial charge in [0.25, 0.3) is 0 Å². The highest BCUT2D eigenvalue weighted by molar-refractivity contribution is 7.25. The second-order valence-corrected chi connectivity index (χ2v) is 15.5. The quantitative estimate of drug-likeness (QED) is 0.176. The number of ether oxygens (including phenoxy) is 2. The van der Waals surface area contributed by atoms with E-state index in [9.17, 15) is 0 Å². The Kier molecular flexibility index (Phi) is 6.57. The van der Waals surface area contributed by atoms with Crippen molar-refractivity contribution in [2.24, 2.45) is 0 Å². The minimum atomic E-state index is 0.874. The molecule has 0 fully saturated rings. The van der Waals surface area contributed by atoms with Crippen LogP contribution in [0, 0.1) is 0 Å². The monoisotopic (exact) mass is 739 g/mol. The summed E-state index contributed by atoms with van der Waals surface area (Å²) in [7, 11) is 3.51. The van der Waals surface area contributed by atoms with E-state index in [4.69, 9.17) is 9.47 Å². The predicted octanol–water partition coefficient (Wildman–Crippen LogP) is 13.4. The third kappa shape index (κ3) is 4.24. The van der Waals surface area contributed by atoms with Gasteiger partial charge in [0.1, 0.15) is 11.5 Å². The lowest BCUT2D eigenvalue weighted by atomic mass is 10.1. The van der Waals surface area contributed by atoms with Gasteiger partial charge in [-0.15, -0.1) is 11.3 Å². The van der Waals surface area contributed by atoms with Crippen molar-refractivity contribution in [2.75, 3.05) is 14.2 Å². The first kappa shape index (κ1) is 31.3. The van der Waals surface area contributed by atoms with Gasteiger partial charge in [-0.2, -0.15) is 0 Å². The summed E-state index contributed by atoms with van der Waals surface area (Å²) in [5, 5.41) is 9.52. The average molecular weight is 740 g/mol. The summed E-state index contributed by atoms with van der Waals surface area (Å²) >= 11 is 1.85. The highest BCUT2D eigenvalue weighted by atomic mass is 32.1. The first-order valence-corrected chi connectivity index (χ1v) is 19.6. The van der Waals surface area contributed by atoms with Crippen molar-refractivity contribution in [2.45, 2.75) is 0 Å². The van der Waals surface area contributed by atoms with Crippen molar-refractivity contribution in [3.63, 3.8) is 0 Å². The van der Waals surface area contributed by atoms with E-state index in [1.54, 1.807) is 14.2 Å². The number of benzene rings is 8. The van der Waals surface area contributed by atoms with Crippen molar-refractivity contribution in [1.82, 2.24) is 13.7 Å². The summed E-state index contributed by atoms with van der Waals surface area (Å²) in [6.07, 6.45) is 0. The maximum Gasteiger partial charge on any atom is 0.128 e. The van der Waals surface area contributed by atoms with Crippen molar-refractivity contribution >= 4 is 96.9 Å². The molecule has 0 saturated heterocycles. The van der Waals surface area contributed by atoms with Crippen molar-refractivity contribution in [1.29, 1.82) is 0 Å². The van der Waals surface area contributed by atoms with Gasteiger partial charge in [0.15, 0.2) is 0 Å². The summed E-state index contributed by atoms with van der Waals surface area (Å²) < 4.78 is 21.6. The number of thiophene rings is 1. The summed E-state index contributed by atoms with van der Waals surface area (Å²) in [6, 6.07) is 59.4. The van der Waals surface area contributed by atoms with Gasteiger partial charge < -0.3 is 23.2 Å². The van der Waals surface area contributed by atoms with E-state index < -0.39 is 0 Å². The Hall–Kier alpha value is -7.02. The molecule has 266 valence electrons. The van der Waals surface area contributed by atoms with Crippen LogP contribution in [-0.4, -0.2) is 27.9 Å². The Morgan fingerprint density at radius 3 is 1.30 bits per heavy atom. The molecule has 0 radical (unpaired) electrons. The van der Waals surface area contributed by atoms with E-state index in [-0.39, 0.29) is 0 Å². The topological polar surface area (TPSA) is 33.2 Å². The molecule has 0 unspecified atom stereocenters. The lowest BCUT2D eigenvalue weighted by Gasteiger charge is -2.11. The molecule has 0 spiro atoms. The van der Waals surface area contributed by atoms with E-state index >= 15 is 0 Å². The smallest absolute Gasteiger partial charge is 0.128 e. The maximum atomic E-state index is 5.91. The summed E-state index contributed by atoms with van der Waals surface area (Å²) in [5.41, 5.74) is 10.2. The van der Waals surface area contributed by atoms with Gasteiger partial charge in [-0.3, -0.25) is 0 Å². The molecule has 5 nitrogen and oxygen atoms in total. The highest BCUT2D eigenvalue weighted by Crippen LogP contribution is 2.43. The van der Waals surface area contributed by atoms with Crippen LogP contribution < -0.4 is 9.47 Å². The SMILES string of the molecule is COc1cccc2c1c1ccccc1n2-c1ccc2c(c1)c1cc(-n3c4ccccc4c4c(OC)cccc43)ccc1n2-c1ccc2sc3ccccc3c2c1. The first-order valence-electron chi connectivity index (χ1n) is 18.8. The maximum absolute atomic E-state index is 5.91. The van der Waals surface area contributed by atoms with Gasteiger partial charge in [0.2, 0.25) is 0 Å². The largest absolute Gasteiger partial charge is 0.496 e. The second kappa shape index (κ2) is 11.7. The molecule has 0 saturated carbocycles. The number of methoxy groups -OCH3 is 2. The number of para-hydroxylation sites is 2. The van der Waals surface area contributed by atoms with E-state index in [2.05, 4.69) is 177 Å². The number of nitrogens with zero attached hydrogens (tertiary/aromatic N) is 3. The van der Waals surface area contributed by atoms with Crippen LogP contribution in [0.2, 0.25) is 0 Å². The van der Waals surface area contributed by atoms with E-state index in [0.717, 1.165) is 72.4 Å². The van der Waals surface area contributed by atoms with Gasteiger partial charge in [-0.25, -0.2) is 0 Å². The van der Waals surface area contributed by atoms with Crippen molar-refractivity contribution in [3.8, 4) is 28.6 Å². The Labute approximate surface area is 325 Å². The molecular weight excluding hydrogens is 707 g/mol. The molecular formula is C50H33N3O2S. The molecule has 12 aromatic rings. The molecule has 0 N–H and O–H groups in total. The molecule has 0 aliphatic heterocycles. The van der Waals surface area contributed by atoms with Crippen LogP contribution in [0.4, 0.5) is 0 Å². The number of hydrogen-bond acceptors (Lipinski definition) is 3. The summed E-state index contributed by atoms with van der Waals surface area (Å²) in [6.45, 7) is 0. The zero-order valence-electron chi connectivity index (χ0n) is 30.7. The minimum absolute atomic E-state index is 0.874. The molecule has 12 rings (SSSR count). The summed E-state index contributed by atoms with van der Waals surface area (Å²) in [5.74, 6) is 1.75. The van der Waals surface area contributed by atoms with Crippen LogP contribution in [0.15, 0.2) is 164 Å². The van der Waals surface area contributed by atoms with Crippen LogP contribution >= 0.6 is 11.3 Å². The molecule has 0 aliphatic rings. The first-order chi connectivity index (χ1) is 27.7. The van der Waals surface area contributed by atoms with Gasteiger partial charge in [0, 0.05) is 69.6 Å². The van der Waals surface area contributed by atoms with Crippen molar-refractivity contribution < 1.29 is 9.47 Å². The molecule has 4 aromatic heterocycles. The average Bonchev–Trinajstić information content (AvgIpc) is 3.99. The normalized spacial score (nSPS) is 12.1. The van der Waals surface area contributed by atoms with Gasteiger partial charge in [-0.05, 0) is 97.1 Å². The highest BCUT2D eigenvalue weighted by Gasteiger charge is 2.21. The zero-order chi connectivity index (χ0) is 37.1. The fraction of sp³-hybridized carbons (Fsp3) is 0.0400. The lowest BCUT2D eigenvalue weighted by molar-refractivity contribution is 0.420. The van der Waals surface area contributed by atoms with E-state index in [0.29, 0.717) is 0 Å². The van der Waals surface area contributed by atoms with Crippen LogP contribution in [0.3, 0.4) is 0 Å². The van der Waals surface area contributed by atoms with Crippen molar-refractivity contribution in [3.05, 3.63) is 164 Å². The predicted molar refractivity (Wildman–Crippen MR) is 235 cm³/mol. The Morgan fingerprint density at radius 2 is 0.750 bits per heavy atom. The number of aromatic nitrogens is 3. The van der Waals surface area contributed by atoms with E-state index in [1.807, 2.05) is 11.3 Å². The number of fused-ring (bicyclic) bond motifs is 12. The molecule has 0 aliphatic carbocycles. The Balaban J connectivity index is 1.18. The molecule has 56 heavy (non-hydrogen) atoms. The standard InChI is InChI=1S/C50H33N3O2S/c1-54-45-18-9-16-43-49(45)34-12-3-6-14-39(34)52(43)30-21-24-41-36(27-30)37-28-31(53-40-15-7-4-13-35(40)50-44(53)17-10-19-46(50)55-2)22-25-42(37)51(41)32-23-26-48-38(29-32)33-11-5-8-20-47(33)56-48/h3-29H,1-2H3. The molecule has 0 amide bonds. The fourth-order valence-electron chi connectivity index (χ4n) is 9.28. The molecule has 8 aromatic carbocycles. The fourth-order valence-corrected chi connectivity index (χ4v) is 10.4. The van der Waals surface area contributed by atoms with Gasteiger partial charge >= 0.3 is 0 Å². The van der Waals surface area contributed by atoms with Gasteiger partial charge in [0.05, 0.1) is 47.3 Å².